The molecule has 6 nitrogen and oxygen atoms in total. The van der Waals surface area contributed by atoms with Gasteiger partial charge in [-0.25, -0.2) is 0 Å². The molecule has 112 valence electrons. The summed E-state index contributed by atoms with van der Waals surface area (Å²) in [7, 11) is 0. The second kappa shape index (κ2) is 5.29. The Kier molecular flexibility index (Phi) is 3.61. The lowest BCUT2D eigenvalue weighted by molar-refractivity contribution is -0.143. The number of halogens is 1. The van der Waals surface area contributed by atoms with Crippen LogP contribution in [-0.2, 0) is 16.1 Å². The van der Waals surface area contributed by atoms with Crippen molar-refractivity contribution in [3.63, 3.8) is 0 Å². The van der Waals surface area contributed by atoms with E-state index in [2.05, 4.69) is 15.9 Å². The minimum absolute atomic E-state index is 0.00598. The zero-order valence-electron chi connectivity index (χ0n) is 11.2. The first kappa shape index (κ1) is 14.3. The largest absolute Gasteiger partial charge is 0.481 e. The predicted molar refractivity (Wildman–Crippen MR) is 77.8 cm³/mol. The molecule has 1 aromatic heterocycles. The average Bonchev–Trinajstić information content (AvgIpc) is 3.00. The first-order valence-electron chi connectivity index (χ1n) is 6.87. The van der Waals surface area contributed by atoms with Gasteiger partial charge < -0.3 is 14.6 Å². The molecule has 2 bridgehead atoms. The molecule has 3 rings (SSSR count). The third-order valence-corrected chi connectivity index (χ3v) is 4.86. The Labute approximate surface area is 129 Å². The highest BCUT2D eigenvalue weighted by Gasteiger charge is 2.51. The van der Waals surface area contributed by atoms with E-state index in [1.165, 1.54) is 10.6 Å². The monoisotopic (exact) mass is 354 g/mol. The van der Waals surface area contributed by atoms with Crippen LogP contribution in [0.15, 0.2) is 27.6 Å². The summed E-state index contributed by atoms with van der Waals surface area (Å²) < 4.78 is 2.07. The normalized spacial score (nSPS) is 27.1. The molecular formula is C14H15BrN2O4. The maximum absolute atomic E-state index is 12.5. The Morgan fingerprint density at radius 2 is 2.10 bits per heavy atom. The van der Waals surface area contributed by atoms with Crippen LogP contribution < -0.4 is 5.56 Å². The number of nitrogens with zero attached hydrogens (tertiary/aromatic N) is 2. The zero-order valence-corrected chi connectivity index (χ0v) is 12.8. The summed E-state index contributed by atoms with van der Waals surface area (Å²) in [5.41, 5.74) is -0.243. The van der Waals surface area contributed by atoms with Gasteiger partial charge in [0, 0.05) is 28.8 Å². The molecule has 0 saturated carbocycles. The van der Waals surface area contributed by atoms with Crippen LogP contribution in [0.1, 0.15) is 19.3 Å². The van der Waals surface area contributed by atoms with Gasteiger partial charge in [0.05, 0.1) is 5.92 Å². The van der Waals surface area contributed by atoms with Gasteiger partial charge in [0.25, 0.3) is 5.56 Å². The molecule has 7 heteroatoms. The van der Waals surface area contributed by atoms with E-state index in [0.717, 1.165) is 17.3 Å². The topological polar surface area (TPSA) is 79.6 Å². The van der Waals surface area contributed by atoms with Gasteiger partial charge in [0.2, 0.25) is 5.91 Å². The molecule has 2 saturated heterocycles. The van der Waals surface area contributed by atoms with E-state index in [9.17, 15) is 19.5 Å². The number of aliphatic carboxylic acids is 1. The zero-order chi connectivity index (χ0) is 15.1. The molecule has 3 heterocycles. The number of aromatic nitrogens is 1. The highest BCUT2D eigenvalue weighted by atomic mass is 79.9. The molecule has 2 aliphatic heterocycles. The van der Waals surface area contributed by atoms with Crippen molar-refractivity contribution in [2.75, 3.05) is 0 Å². The predicted octanol–water partition coefficient (Wildman–Crippen LogP) is 1.07. The highest BCUT2D eigenvalue weighted by Crippen LogP contribution is 2.41. The molecule has 2 aliphatic rings. The minimum Gasteiger partial charge on any atom is -0.481 e. The average molecular weight is 355 g/mol. The summed E-state index contributed by atoms with van der Waals surface area (Å²) in [4.78, 5) is 37.1. The van der Waals surface area contributed by atoms with Crippen LogP contribution in [0.4, 0.5) is 0 Å². The van der Waals surface area contributed by atoms with Gasteiger partial charge in [0.15, 0.2) is 0 Å². The van der Waals surface area contributed by atoms with Crippen molar-refractivity contribution in [2.45, 2.75) is 37.9 Å². The first-order valence-corrected chi connectivity index (χ1v) is 7.66. The second-order valence-corrected chi connectivity index (χ2v) is 6.51. The fraction of sp³-hybridized carbons (Fsp3) is 0.500. The number of carboxylic acid groups (broad SMARTS) is 1. The third kappa shape index (κ3) is 2.50. The maximum Gasteiger partial charge on any atom is 0.308 e. The summed E-state index contributed by atoms with van der Waals surface area (Å²) in [6.45, 7) is -0.0440. The fourth-order valence-electron chi connectivity index (χ4n) is 3.50. The molecule has 0 radical (unpaired) electrons. The van der Waals surface area contributed by atoms with E-state index in [1.807, 2.05) is 0 Å². The lowest BCUT2D eigenvalue weighted by Crippen LogP contribution is -2.41. The Morgan fingerprint density at radius 3 is 2.76 bits per heavy atom. The molecule has 1 amide bonds. The highest BCUT2D eigenvalue weighted by molar-refractivity contribution is 9.10. The summed E-state index contributed by atoms with van der Waals surface area (Å²) >= 11 is 3.27. The third-order valence-electron chi connectivity index (χ3n) is 4.39. The molecular weight excluding hydrogens is 340 g/mol. The Balaban J connectivity index is 1.79. The first-order chi connectivity index (χ1) is 9.97. The van der Waals surface area contributed by atoms with Crippen LogP contribution in [0.5, 0.6) is 0 Å². The number of carbonyl (C=O) groups is 2. The van der Waals surface area contributed by atoms with E-state index in [0.29, 0.717) is 6.42 Å². The molecule has 3 unspecified atom stereocenters. The lowest BCUT2D eigenvalue weighted by Gasteiger charge is -2.23. The lowest BCUT2D eigenvalue weighted by atomic mass is 9.89. The van der Waals surface area contributed by atoms with Crippen LogP contribution in [0.3, 0.4) is 0 Å². The number of pyridine rings is 1. The van der Waals surface area contributed by atoms with E-state index in [1.54, 1.807) is 17.2 Å². The van der Waals surface area contributed by atoms with Crippen molar-refractivity contribution in [3.05, 3.63) is 33.2 Å². The fourth-order valence-corrected chi connectivity index (χ4v) is 3.88. The standard InChI is InChI=1S/C14H15BrN2O4/c15-8-1-4-12(18)16(6-8)7-13(19)17-9-2-3-11(17)10(5-9)14(20)21/h1,4,6,9-11H,2-3,5,7H2,(H,20,21). The van der Waals surface area contributed by atoms with Crippen LogP contribution in [0.25, 0.3) is 0 Å². The van der Waals surface area contributed by atoms with Crippen LogP contribution in [0, 0.1) is 5.92 Å². The summed E-state index contributed by atoms with van der Waals surface area (Å²) in [6.07, 6.45) is 3.69. The quantitative estimate of drug-likeness (QED) is 0.880. The number of fused-ring (bicyclic) bond motifs is 2. The number of rotatable bonds is 3. The number of amides is 1. The van der Waals surface area contributed by atoms with E-state index in [-0.39, 0.29) is 30.1 Å². The van der Waals surface area contributed by atoms with Crippen LogP contribution in [-0.4, -0.2) is 38.5 Å². The smallest absolute Gasteiger partial charge is 0.308 e. The van der Waals surface area contributed by atoms with Crippen molar-refractivity contribution in [1.29, 1.82) is 0 Å². The molecule has 1 aromatic rings. The van der Waals surface area contributed by atoms with Gasteiger partial charge in [-0.1, -0.05) is 0 Å². The van der Waals surface area contributed by atoms with Crippen LogP contribution in [0.2, 0.25) is 0 Å². The van der Waals surface area contributed by atoms with Gasteiger partial charge in [0.1, 0.15) is 6.54 Å². The van der Waals surface area contributed by atoms with Crippen molar-refractivity contribution < 1.29 is 14.7 Å². The molecule has 21 heavy (non-hydrogen) atoms. The van der Waals surface area contributed by atoms with Crippen molar-refractivity contribution >= 4 is 27.8 Å². The summed E-state index contributed by atoms with van der Waals surface area (Å²) in [5.74, 6) is -1.47. The Bertz CT molecular complexity index is 657. The molecule has 3 atom stereocenters. The van der Waals surface area contributed by atoms with Crippen molar-refractivity contribution in [2.24, 2.45) is 5.92 Å². The Hall–Kier alpha value is -1.63. The van der Waals surface area contributed by atoms with Crippen LogP contribution >= 0.6 is 15.9 Å². The maximum atomic E-state index is 12.5. The second-order valence-electron chi connectivity index (χ2n) is 5.59. The number of carboxylic acids is 1. The molecule has 2 fully saturated rings. The number of carbonyl (C=O) groups excluding carboxylic acids is 1. The molecule has 0 aliphatic carbocycles. The molecule has 1 N–H and O–H groups in total. The summed E-state index contributed by atoms with van der Waals surface area (Å²) in [6, 6.07) is 2.81. The van der Waals surface area contributed by atoms with E-state index >= 15 is 0 Å². The van der Waals surface area contributed by atoms with E-state index < -0.39 is 11.9 Å². The molecule has 0 aromatic carbocycles. The van der Waals surface area contributed by atoms with E-state index in [4.69, 9.17) is 0 Å². The van der Waals surface area contributed by atoms with Gasteiger partial charge in [-0.15, -0.1) is 0 Å². The summed E-state index contributed by atoms with van der Waals surface area (Å²) in [5, 5.41) is 9.21. The van der Waals surface area contributed by atoms with Gasteiger partial charge in [-0.05, 0) is 41.3 Å². The minimum atomic E-state index is -0.834. The SMILES string of the molecule is O=C(O)C1CC2CCC1N2C(=O)Cn1cc(Br)ccc1=O. The van der Waals surface area contributed by atoms with Gasteiger partial charge in [-0.2, -0.15) is 0 Å². The van der Waals surface area contributed by atoms with Crippen molar-refractivity contribution in [1.82, 2.24) is 9.47 Å². The Morgan fingerprint density at radius 1 is 1.33 bits per heavy atom. The van der Waals surface area contributed by atoms with Gasteiger partial charge >= 0.3 is 5.97 Å². The number of hydrogen-bond donors (Lipinski definition) is 1. The van der Waals surface area contributed by atoms with Crippen molar-refractivity contribution in [3.8, 4) is 0 Å². The number of hydrogen-bond acceptors (Lipinski definition) is 3. The molecule has 0 spiro atoms. The van der Waals surface area contributed by atoms with Gasteiger partial charge in [-0.3, -0.25) is 14.4 Å².